The van der Waals surface area contributed by atoms with E-state index in [1.54, 1.807) is 13.0 Å². The van der Waals surface area contributed by atoms with E-state index in [-0.39, 0.29) is 0 Å². The van der Waals surface area contributed by atoms with Crippen LogP contribution in [0.5, 0.6) is 0 Å². The Kier molecular flexibility index (Phi) is 4.60. The van der Waals surface area contributed by atoms with Crippen molar-refractivity contribution in [1.82, 2.24) is 0 Å². The number of hydrogen-bond acceptors (Lipinski definition) is 2. The molecule has 2 aromatic rings. The average Bonchev–Trinajstić information content (AvgIpc) is 2.33. The Morgan fingerprint density at radius 1 is 1.11 bits per heavy atom. The van der Waals surface area contributed by atoms with Crippen LogP contribution >= 0.6 is 27.7 Å². The van der Waals surface area contributed by atoms with Gasteiger partial charge in [0.1, 0.15) is 0 Å². The van der Waals surface area contributed by atoms with Crippen LogP contribution in [0.25, 0.3) is 0 Å². The quantitative estimate of drug-likeness (QED) is 0.851. The predicted molar refractivity (Wildman–Crippen MR) is 75.3 cm³/mol. The van der Waals surface area contributed by atoms with Crippen LogP contribution in [0.2, 0.25) is 0 Å². The van der Waals surface area contributed by atoms with Crippen molar-refractivity contribution in [2.45, 2.75) is 22.8 Å². The third kappa shape index (κ3) is 3.55. The third-order valence-corrected chi connectivity index (χ3v) is 4.10. The van der Waals surface area contributed by atoms with Crippen LogP contribution in [-0.4, -0.2) is 5.11 Å². The molecule has 0 aliphatic rings. The molecule has 0 bridgehead atoms. The molecule has 1 N–H and O–H groups in total. The van der Waals surface area contributed by atoms with Gasteiger partial charge >= 0.3 is 0 Å². The zero-order chi connectivity index (χ0) is 14.0. The molecule has 0 aliphatic heterocycles. The summed E-state index contributed by atoms with van der Waals surface area (Å²) in [5, 5.41) is 9.71. The molecule has 0 amide bonds. The summed E-state index contributed by atoms with van der Waals surface area (Å²) in [6, 6.07) is 9.22. The molecule has 1 nitrogen and oxygen atoms in total. The number of rotatable bonds is 3. The Balaban J connectivity index is 2.36. The Bertz CT molecular complexity index is 602. The van der Waals surface area contributed by atoms with Crippen molar-refractivity contribution in [2.75, 3.05) is 0 Å². The minimum Gasteiger partial charge on any atom is -0.389 e. The fourth-order valence-corrected chi connectivity index (χ4v) is 3.22. The zero-order valence-corrected chi connectivity index (χ0v) is 12.4. The Hall–Kier alpha value is -0.910. The van der Waals surface area contributed by atoms with E-state index in [1.807, 2.05) is 12.1 Å². The molecule has 0 heterocycles. The minimum atomic E-state index is -0.876. The summed E-state index contributed by atoms with van der Waals surface area (Å²) in [5.74, 6) is -1.74. The molecule has 0 saturated carbocycles. The molecular formula is C14H11BrF2OS. The highest BCUT2D eigenvalue weighted by Gasteiger charge is 2.11. The van der Waals surface area contributed by atoms with E-state index in [0.29, 0.717) is 4.90 Å². The molecule has 1 unspecified atom stereocenters. The van der Waals surface area contributed by atoms with E-state index in [0.717, 1.165) is 27.1 Å². The lowest BCUT2D eigenvalue weighted by molar-refractivity contribution is 0.196. The van der Waals surface area contributed by atoms with Crippen LogP contribution in [0, 0.1) is 11.6 Å². The molecule has 0 saturated heterocycles. The minimum absolute atomic E-state index is 0.582. The summed E-state index contributed by atoms with van der Waals surface area (Å²) < 4.78 is 26.9. The lowest BCUT2D eigenvalue weighted by Gasteiger charge is -2.12. The van der Waals surface area contributed by atoms with Crippen LogP contribution in [0.1, 0.15) is 18.6 Å². The van der Waals surface area contributed by atoms with Gasteiger partial charge in [-0.25, -0.2) is 8.78 Å². The van der Waals surface area contributed by atoms with Gasteiger partial charge in [-0.05, 0) is 42.8 Å². The zero-order valence-electron chi connectivity index (χ0n) is 10.0. The molecule has 1 atom stereocenters. The van der Waals surface area contributed by atoms with E-state index in [4.69, 9.17) is 0 Å². The van der Waals surface area contributed by atoms with Gasteiger partial charge in [0.25, 0.3) is 0 Å². The number of benzene rings is 2. The van der Waals surface area contributed by atoms with Crippen molar-refractivity contribution >= 4 is 27.7 Å². The van der Waals surface area contributed by atoms with Gasteiger partial charge in [0, 0.05) is 14.3 Å². The molecule has 5 heteroatoms. The molecule has 100 valence electrons. The summed E-state index contributed by atoms with van der Waals surface area (Å²) in [7, 11) is 0. The second-order valence-corrected chi connectivity index (χ2v) is 6.07. The van der Waals surface area contributed by atoms with Crippen molar-refractivity contribution < 1.29 is 13.9 Å². The third-order valence-electron chi connectivity index (χ3n) is 2.54. The first kappa shape index (κ1) is 14.5. The van der Waals surface area contributed by atoms with Gasteiger partial charge in [0.05, 0.1) is 6.10 Å². The van der Waals surface area contributed by atoms with Gasteiger partial charge in [-0.2, -0.15) is 0 Å². The van der Waals surface area contributed by atoms with Crippen molar-refractivity contribution in [3.63, 3.8) is 0 Å². The molecule has 0 aromatic heterocycles. The number of aliphatic hydroxyl groups is 1. The maximum atomic E-state index is 13.2. The van der Waals surface area contributed by atoms with E-state index in [2.05, 4.69) is 15.9 Å². The topological polar surface area (TPSA) is 20.2 Å². The summed E-state index contributed by atoms with van der Waals surface area (Å²) in [6.45, 7) is 1.67. The number of hydrogen-bond donors (Lipinski definition) is 1. The van der Waals surface area contributed by atoms with Gasteiger partial charge in [-0.1, -0.05) is 33.8 Å². The van der Waals surface area contributed by atoms with Crippen LogP contribution in [-0.2, 0) is 0 Å². The molecular weight excluding hydrogens is 334 g/mol. The monoisotopic (exact) mass is 344 g/mol. The maximum Gasteiger partial charge on any atom is 0.159 e. The first-order chi connectivity index (χ1) is 8.97. The van der Waals surface area contributed by atoms with E-state index in [1.165, 1.54) is 17.8 Å². The highest BCUT2D eigenvalue weighted by atomic mass is 79.9. The Morgan fingerprint density at radius 3 is 2.47 bits per heavy atom. The number of halogens is 3. The van der Waals surface area contributed by atoms with Crippen molar-refractivity contribution in [3.8, 4) is 0 Å². The predicted octanol–water partition coefficient (Wildman–Crippen LogP) is 4.93. The van der Waals surface area contributed by atoms with Crippen molar-refractivity contribution in [3.05, 3.63) is 58.1 Å². The normalized spacial score (nSPS) is 12.5. The standard InChI is InChI=1S/C14H11BrF2OS/c1-8(18)11-4-2-9(15)6-14(11)19-10-3-5-12(16)13(17)7-10/h2-8,18H,1H3. The Morgan fingerprint density at radius 2 is 1.84 bits per heavy atom. The molecule has 0 aliphatic carbocycles. The average molecular weight is 345 g/mol. The number of aliphatic hydroxyl groups excluding tert-OH is 1. The van der Waals surface area contributed by atoms with Crippen LogP contribution in [0.4, 0.5) is 8.78 Å². The van der Waals surface area contributed by atoms with Gasteiger partial charge < -0.3 is 5.11 Å². The molecule has 2 rings (SSSR count). The first-order valence-electron chi connectivity index (χ1n) is 5.58. The van der Waals surface area contributed by atoms with Gasteiger partial charge in [0.15, 0.2) is 11.6 Å². The first-order valence-corrected chi connectivity index (χ1v) is 7.18. The second kappa shape index (κ2) is 6.03. The van der Waals surface area contributed by atoms with Crippen LogP contribution in [0.15, 0.2) is 50.7 Å². The van der Waals surface area contributed by atoms with Crippen molar-refractivity contribution in [2.24, 2.45) is 0 Å². The highest BCUT2D eigenvalue weighted by molar-refractivity contribution is 9.10. The summed E-state index contributed by atoms with van der Waals surface area (Å²) in [4.78, 5) is 1.38. The molecule has 0 spiro atoms. The molecule has 0 radical (unpaired) electrons. The fraction of sp³-hybridized carbons (Fsp3) is 0.143. The lowest BCUT2D eigenvalue weighted by Crippen LogP contribution is -1.94. The van der Waals surface area contributed by atoms with E-state index < -0.39 is 17.7 Å². The summed E-state index contributed by atoms with van der Waals surface area (Å²) >= 11 is 4.64. The fourth-order valence-electron chi connectivity index (χ4n) is 1.61. The summed E-state index contributed by atoms with van der Waals surface area (Å²) in [5.41, 5.74) is 0.748. The SMILES string of the molecule is CC(O)c1ccc(Br)cc1Sc1ccc(F)c(F)c1. The molecule has 0 fully saturated rings. The van der Waals surface area contributed by atoms with Crippen LogP contribution < -0.4 is 0 Å². The summed E-state index contributed by atoms with van der Waals surface area (Å²) in [6.07, 6.45) is -0.624. The second-order valence-electron chi connectivity index (χ2n) is 4.04. The lowest BCUT2D eigenvalue weighted by atomic mass is 10.1. The molecule has 19 heavy (non-hydrogen) atoms. The van der Waals surface area contributed by atoms with Gasteiger partial charge in [-0.3, -0.25) is 0 Å². The van der Waals surface area contributed by atoms with Crippen molar-refractivity contribution in [1.29, 1.82) is 0 Å². The van der Waals surface area contributed by atoms with Crippen LogP contribution in [0.3, 0.4) is 0 Å². The maximum absolute atomic E-state index is 13.2. The highest BCUT2D eigenvalue weighted by Crippen LogP contribution is 2.35. The van der Waals surface area contributed by atoms with Gasteiger partial charge in [0.2, 0.25) is 0 Å². The Labute approximate surface area is 122 Å². The smallest absolute Gasteiger partial charge is 0.159 e. The van der Waals surface area contributed by atoms with Gasteiger partial charge in [-0.15, -0.1) is 0 Å². The largest absolute Gasteiger partial charge is 0.389 e. The van der Waals surface area contributed by atoms with E-state index >= 15 is 0 Å². The molecule has 2 aromatic carbocycles. The van der Waals surface area contributed by atoms with E-state index in [9.17, 15) is 13.9 Å².